The molecule has 0 saturated carbocycles. The number of hydrogen-bond donors (Lipinski definition) is 1. The Morgan fingerprint density at radius 1 is 1.13 bits per heavy atom. The van der Waals surface area contributed by atoms with Crippen molar-refractivity contribution in [2.24, 2.45) is 0 Å². The van der Waals surface area contributed by atoms with Gasteiger partial charge in [-0.25, -0.2) is 4.98 Å². The molecular weight excluding hydrogens is 333 g/mol. The Hall–Kier alpha value is -2.30. The monoisotopic (exact) mass is 345 g/mol. The van der Waals surface area contributed by atoms with Crippen molar-refractivity contribution in [1.82, 2.24) is 9.55 Å². The van der Waals surface area contributed by atoms with Crippen LogP contribution in [0, 0.1) is 0 Å². The number of carbonyl (C=O) groups is 1. The van der Waals surface area contributed by atoms with Gasteiger partial charge in [0.05, 0.1) is 17.8 Å². The predicted molar refractivity (Wildman–Crippen MR) is 92.4 cm³/mol. The van der Waals surface area contributed by atoms with E-state index < -0.39 is 0 Å². The third-order valence-electron chi connectivity index (χ3n) is 3.27. The minimum absolute atomic E-state index is 0.134. The summed E-state index contributed by atoms with van der Waals surface area (Å²) < 4.78 is 1.89. The molecule has 0 aliphatic heterocycles. The van der Waals surface area contributed by atoms with Crippen molar-refractivity contribution in [3.8, 4) is 5.69 Å². The summed E-state index contributed by atoms with van der Waals surface area (Å²) in [6.45, 7) is 0. The lowest BCUT2D eigenvalue weighted by molar-refractivity contribution is -0.115. The van der Waals surface area contributed by atoms with Crippen LogP contribution in [0.15, 0.2) is 61.1 Å². The number of pyridine rings is 1. The molecule has 0 fully saturated rings. The van der Waals surface area contributed by atoms with E-state index in [-0.39, 0.29) is 12.3 Å². The van der Waals surface area contributed by atoms with Crippen molar-refractivity contribution in [1.29, 1.82) is 0 Å². The van der Waals surface area contributed by atoms with E-state index in [9.17, 15) is 4.79 Å². The lowest BCUT2D eigenvalue weighted by atomic mass is 10.2. The molecular formula is C17H13Cl2N3O. The molecule has 4 nitrogen and oxygen atoms in total. The van der Waals surface area contributed by atoms with Gasteiger partial charge < -0.3 is 9.88 Å². The first-order valence-corrected chi connectivity index (χ1v) is 7.70. The lowest BCUT2D eigenvalue weighted by Crippen LogP contribution is -2.16. The molecule has 3 aromatic rings. The zero-order chi connectivity index (χ0) is 16.2. The minimum Gasteiger partial charge on any atom is -0.324 e. The number of anilines is 1. The summed E-state index contributed by atoms with van der Waals surface area (Å²) in [5.74, 6) is -0.134. The molecule has 1 aromatic carbocycles. The van der Waals surface area contributed by atoms with E-state index in [1.165, 1.54) is 0 Å². The molecule has 0 unspecified atom stereocenters. The van der Waals surface area contributed by atoms with Gasteiger partial charge in [0, 0.05) is 23.6 Å². The van der Waals surface area contributed by atoms with Crippen molar-refractivity contribution in [3.63, 3.8) is 0 Å². The first-order chi connectivity index (χ1) is 11.1. The van der Waals surface area contributed by atoms with E-state index in [1.807, 2.05) is 29.1 Å². The molecule has 6 heteroatoms. The third kappa shape index (κ3) is 3.92. The Balaban J connectivity index is 1.80. The maximum absolute atomic E-state index is 12.3. The Bertz CT molecular complexity index is 814. The van der Waals surface area contributed by atoms with Crippen molar-refractivity contribution < 1.29 is 4.79 Å². The molecule has 3 rings (SSSR count). The van der Waals surface area contributed by atoms with Gasteiger partial charge >= 0.3 is 0 Å². The van der Waals surface area contributed by atoms with E-state index in [4.69, 9.17) is 23.2 Å². The number of halogens is 2. The standard InChI is InChI=1S/C17H13Cl2N3O/c18-13-4-5-14(15(10-13)22-7-1-2-8-22)21-17(23)9-12-3-6-16(19)20-11-12/h1-8,10-11H,9H2,(H,21,23). The van der Waals surface area contributed by atoms with E-state index in [2.05, 4.69) is 10.3 Å². The van der Waals surface area contributed by atoms with E-state index in [0.29, 0.717) is 15.9 Å². The predicted octanol–water partition coefficient (Wildman–Crippen LogP) is 4.36. The topological polar surface area (TPSA) is 46.9 Å². The Kier molecular flexibility index (Phi) is 4.65. The van der Waals surface area contributed by atoms with Crippen LogP contribution in [0.3, 0.4) is 0 Å². The van der Waals surface area contributed by atoms with Crippen LogP contribution in [0.1, 0.15) is 5.56 Å². The second-order valence-electron chi connectivity index (χ2n) is 4.97. The molecule has 2 heterocycles. The van der Waals surface area contributed by atoms with Crippen LogP contribution >= 0.6 is 23.2 Å². The van der Waals surface area contributed by atoms with Crippen LogP contribution in [0.4, 0.5) is 5.69 Å². The zero-order valence-electron chi connectivity index (χ0n) is 12.0. The average molecular weight is 346 g/mol. The number of rotatable bonds is 4. The van der Waals surface area contributed by atoms with Crippen molar-refractivity contribution in [2.45, 2.75) is 6.42 Å². The normalized spacial score (nSPS) is 10.5. The van der Waals surface area contributed by atoms with Gasteiger partial charge in [0.25, 0.3) is 0 Å². The summed E-state index contributed by atoms with van der Waals surface area (Å²) >= 11 is 11.8. The van der Waals surface area contributed by atoms with E-state index >= 15 is 0 Å². The second-order valence-corrected chi connectivity index (χ2v) is 5.79. The SMILES string of the molecule is O=C(Cc1ccc(Cl)nc1)Nc1ccc(Cl)cc1-n1cccc1. The summed E-state index contributed by atoms with van der Waals surface area (Å²) in [5.41, 5.74) is 2.30. The molecule has 0 aliphatic carbocycles. The Labute approximate surface area is 143 Å². The lowest BCUT2D eigenvalue weighted by Gasteiger charge is -2.12. The molecule has 1 N–H and O–H groups in total. The third-order valence-corrected chi connectivity index (χ3v) is 3.73. The van der Waals surface area contributed by atoms with Gasteiger partial charge in [-0.05, 0) is 42.0 Å². The number of amides is 1. The molecule has 0 atom stereocenters. The average Bonchev–Trinajstić information content (AvgIpc) is 3.05. The van der Waals surface area contributed by atoms with Gasteiger partial charge in [-0.2, -0.15) is 0 Å². The summed E-state index contributed by atoms with van der Waals surface area (Å²) in [5, 5.41) is 3.92. The van der Waals surface area contributed by atoms with Gasteiger partial charge in [-0.1, -0.05) is 29.3 Å². The second kappa shape index (κ2) is 6.86. The Morgan fingerprint density at radius 3 is 2.61 bits per heavy atom. The number of hydrogen-bond acceptors (Lipinski definition) is 2. The van der Waals surface area contributed by atoms with Crippen LogP contribution in [-0.4, -0.2) is 15.5 Å². The molecule has 0 aliphatic rings. The van der Waals surface area contributed by atoms with Gasteiger partial charge in [-0.15, -0.1) is 0 Å². The van der Waals surface area contributed by atoms with Gasteiger partial charge in [-0.3, -0.25) is 4.79 Å². The fourth-order valence-electron chi connectivity index (χ4n) is 2.21. The highest BCUT2D eigenvalue weighted by atomic mass is 35.5. The summed E-state index contributed by atoms with van der Waals surface area (Å²) in [6, 6.07) is 12.6. The van der Waals surface area contributed by atoms with Crippen LogP contribution in [0.2, 0.25) is 10.2 Å². The fraction of sp³-hybridized carbons (Fsp3) is 0.0588. The fourth-order valence-corrected chi connectivity index (χ4v) is 2.49. The molecule has 0 saturated heterocycles. The highest BCUT2D eigenvalue weighted by Crippen LogP contribution is 2.25. The number of aromatic nitrogens is 2. The smallest absolute Gasteiger partial charge is 0.228 e. The number of nitrogens with zero attached hydrogens (tertiary/aromatic N) is 2. The van der Waals surface area contributed by atoms with Gasteiger partial charge in [0.2, 0.25) is 5.91 Å². The molecule has 116 valence electrons. The molecule has 0 bridgehead atoms. The first kappa shape index (κ1) is 15.6. The maximum atomic E-state index is 12.3. The number of carbonyl (C=O) groups excluding carboxylic acids is 1. The highest BCUT2D eigenvalue weighted by molar-refractivity contribution is 6.31. The van der Waals surface area contributed by atoms with Crippen molar-refractivity contribution in [2.75, 3.05) is 5.32 Å². The molecule has 23 heavy (non-hydrogen) atoms. The maximum Gasteiger partial charge on any atom is 0.228 e. The first-order valence-electron chi connectivity index (χ1n) is 6.95. The van der Waals surface area contributed by atoms with Crippen LogP contribution in [0.5, 0.6) is 0 Å². The van der Waals surface area contributed by atoms with Crippen molar-refractivity contribution >= 4 is 34.8 Å². The largest absolute Gasteiger partial charge is 0.324 e. The van der Waals surface area contributed by atoms with E-state index in [0.717, 1.165) is 11.3 Å². The molecule has 1 amide bonds. The summed E-state index contributed by atoms with van der Waals surface area (Å²) in [6.07, 6.45) is 5.60. The quantitative estimate of drug-likeness (QED) is 0.714. The molecule has 2 aromatic heterocycles. The summed E-state index contributed by atoms with van der Waals surface area (Å²) in [7, 11) is 0. The number of benzene rings is 1. The van der Waals surface area contributed by atoms with Gasteiger partial charge in [0.1, 0.15) is 5.15 Å². The Morgan fingerprint density at radius 2 is 1.91 bits per heavy atom. The minimum atomic E-state index is -0.134. The summed E-state index contributed by atoms with van der Waals surface area (Å²) in [4.78, 5) is 16.2. The number of nitrogens with one attached hydrogen (secondary N) is 1. The zero-order valence-corrected chi connectivity index (χ0v) is 13.6. The van der Waals surface area contributed by atoms with E-state index in [1.54, 1.807) is 36.5 Å². The van der Waals surface area contributed by atoms with Crippen LogP contribution in [0.25, 0.3) is 5.69 Å². The van der Waals surface area contributed by atoms with Crippen LogP contribution in [-0.2, 0) is 11.2 Å². The molecule has 0 radical (unpaired) electrons. The van der Waals surface area contributed by atoms with Crippen molar-refractivity contribution in [3.05, 3.63) is 76.8 Å². The molecule has 0 spiro atoms. The highest BCUT2D eigenvalue weighted by Gasteiger charge is 2.10. The van der Waals surface area contributed by atoms with Crippen LogP contribution < -0.4 is 5.32 Å². The van der Waals surface area contributed by atoms with Gasteiger partial charge in [0.15, 0.2) is 0 Å².